The zero-order chi connectivity index (χ0) is 13.1. The fraction of sp³-hybridized carbons (Fsp3) is 0.571. The summed E-state index contributed by atoms with van der Waals surface area (Å²) in [4.78, 5) is 18.2. The number of rotatable bonds is 4. The molecule has 4 heteroatoms. The van der Waals surface area contributed by atoms with E-state index < -0.39 is 0 Å². The molecule has 98 valence electrons. The van der Waals surface area contributed by atoms with E-state index in [1.165, 1.54) is 0 Å². The first-order valence-corrected chi connectivity index (χ1v) is 6.51. The Labute approximate surface area is 108 Å². The maximum atomic E-state index is 12.0. The predicted octanol–water partition coefficient (Wildman–Crippen LogP) is 2.13. The molecule has 1 aliphatic rings. The van der Waals surface area contributed by atoms with E-state index in [1.54, 1.807) is 6.20 Å². The van der Waals surface area contributed by atoms with Crippen molar-refractivity contribution in [1.29, 1.82) is 0 Å². The van der Waals surface area contributed by atoms with Crippen LogP contribution < -0.4 is 5.32 Å². The fourth-order valence-electron chi connectivity index (χ4n) is 2.40. The Hall–Kier alpha value is -1.58. The maximum absolute atomic E-state index is 12.0. The van der Waals surface area contributed by atoms with E-state index >= 15 is 0 Å². The molecule has 1 amide bonds. The van der Waals surface area contributed by atoms with Crippen molar-refractivity contribution in [3.05, 3.63) is 23.9 Å². The third-order valence-electron chi connectivity index (χ3n) is 3.68. The van der Waals surface area contributed by atoms with Crippen LogP contribution >= 0.6 is 0 Å². The van der Waals surface area contributed by atoms with Crippen LogP contribution in [0, 0.1) is 11.8 Å². The number of carbonyl (C=O) groups is 1. The molecule has 0 aliphatic carbocycles. The lowest BCUT2D eigenvalue weighted by Gasteiger charge is -2.19. The predicted molar refractivity (Wildman–Crippen MR) is 72.1 cm³/mol. The van der Waals surface area contributed by atoms with Crippen LogP contribution in [0.15, 0.2) is 18.3 Å². The van der Waals surface area contributed by atoms with Gasteiger partial charge < -0.3 is 10.2 Å². The summed E-state index contributed by atoms with van der Waals surface area (Å²) in [5.74, 6) is 2.18. The van der Waals surface area contributed by atoms with Crippen molar-refractivity contribution in [3.63, 3.8) is 0 Å². The monoisotopic (exact) mass is 247 g/mol. The Bertz CT molecular complexity index is 431. The Morgan fingerprint density at radius 1 is 1.56 bits per heavy atom. The minimum Gasteiger partial charge on any atom is -0.373 e. The van der Waals surface area contributed by atoms with Crippen LogP contribution in [0.2, 0.25) is 0 Å². The molecule has 0 spiro atoms. The van der Waals surface area contributed by atoms with Crippen molar-refractivity contribution >= 4 is 11.7 Å². The molecule has 1 fully saturated rings. The van der Waals surface area contributed by atoms with E-state index in [0.29, 0.717) is 24.8 Å². The zero-order valence-corrected chi connectivity index (χ0v) is 11.3. The fourth-order valence-corrected chi connectivity index (χ4v) is 2.40. The second-order valence-corrected chi connectivity index (χ2v) is 5.24. The Morgan fingerprint density at radius 2 is 2.33 bits per heavy atom. The molecule has 0 saturated carbocycles. The molecule has 1 atom stereocenters. The van der Waals surface area contributed by atoms with E-state index in [0.717, 1.165) is 17.9 Å². The lowest BCUT2D eigenvalue weighted by atomic mass is 9.95. The van der Waals surface area contributed by atoms with Gasteiger partial charge in [-0.3, -0.25) is 4.79 Å². The summed E-state index contributed by atoms with van der Waals surface area (Å²) in [5, 5.41) is 3.07. The number of anilines is 1. The summed E-state index contributed by atoms with van der Waals surface area (Å²) in [6.07, 6.45) is 2.45. The summed E-state index contributed by atoms with van der Waals surface area (Å²) in [6, 6.07) is 3.94. The topological polar surface area (TPSA) is 45.2 Å². The lowest BCUT2D eigenvalue weighted by Crippen LogP contribution is -2.25. The highest BCUT2D eigenvalue weighted by Crippen LogP contribution is 2.27. The van der Waals surface area contributed by atoms with Gasteiger partial charge in [-0.2, -0.15) is 0 Å². The number of nitrogens with zero attached hydrogens (tertiary/aromatic N) is 2. The summed E-state index contributed by atoms with van der Waals surface area (Å²) in [5.41, 5.74) is 1.08. The first-order valence-electron chi connectivity index (χ1n) is 6.51. The van der Waals surface area contributed by atoms with Crippen molar-refractivity contribution in [3.8, 4) is 0 Å². The van der Waals surface area contributed by atoms with Crippen LogP contribution in [0.3, 0.4) is 0 Å². The minimum atomic E-state index is 0.264. The van der Waals surface area contributed by atoms with Gasteiger partial charge in [0.1, 0.15) is 5.82 Å². The van der Waals surface area contributed by atoms with Gasteiger partial charge in [0.05, 0.1) is 0 Å². The van der Waals surface area contributed by atoms with E-state index in [4.69, 9.17) is 0 Å². The molecule has 2 heterocycles. The zero-order valence-electron chi connectivity index (χ0n) is 11.3. The number of hydrogen-bond acceptors (Lipinski definition) is 3. The SMILES string of the molecule is CNc1ncccc1CN1CC(C(C)C)CC1=O. The molecular weight excluding hydrogens is 226 g/mol. The summed E-state index contributed by atoms with van der Waals surface area (Å²) in [7, 11) is 1.86. The van der Waals surface area contributed by atoms with Gasteiger partial charge in [0.2, 0.25) is 5.91 Å². The second-order valence-electron chi connectivity index (χ2n) is 5.24. The van der Waals surface area contributed by atoms with Gasteiger partial charge in [-0.05, 0) is 17.9 Å². The van der Waals surface area contributed by atoms with Gasteiger partial charge in [0.25, 0.3) is 0 Å². The van der Waals surface area contributed by atoms with Crippen LogP contribution in [0.4, 0.5) is 5.82 Å². The van der Waals surface area contributed by atoms with Crippen LogP contribution in [0.25, 0.3) is 0 Å². The molecule has 2 rings (SSSR count). The van der Waals surface area contributed by atoms with Crippen molar-refractivity contribution in [2.75, 3.05) is 18.9 Å². The lowest BCUT2D eigenvalue weighted by molar-refractivity contribution is -0.128. The van der Waals surface area contributed by atoms with Gasteiger partial charge in [0.15, 0.2) is 0 Å². The number of pyridine rings is 1. The number of hydrogen-bond donors (Lipinski definition) is 1. The standard InChI is InChI=1S/C14H21N3O/c1-10(2)12-7-13(18)17(9-12)8-11-5-4-6-16-14(11)15-3/h4-6,10,12H,7-9H2,1-3H3,(H,15,16). The molecule has 1 unspecified atom stereocenters. The van der Waals surface area contributed by atoms with Crippen molar-refractivity contribution < 1.29 is 4.79 Å². The maximum Gasteiger partial charge on any atom is 0.223 e. The molecule has 1 aliphatic heterocycles. The molecule has 1 aromatic rings. The normalized spacial score (nSPS) is 19.7. The van der Waals surface area contributed by atoms with Crippen LogP contribution in [0.5, 0.6) is 0 Å². The van der Waals surface area contributed by atoms with Crippen LogP contribution in [0.1, 0.15) is 25.8 Å². The van der Waals surface area contributed by atoms with E-state index in [2.05, 4.69) is 24.1 Å². The van der Waals surface area contributed by atoms with Gasteiger partial charge in [-0.1, -0.05) is 19.9 Å². The van der Waals surface area contributed by atoms with Crippen LogP contribution in [-0.2, 0) is 11.3 Å². The number of likely N-dealkylation sites (tertiary alicyclic amines) is 1. The quantitative estimate of drug-likeness (QED) is 0.886. The van der Waals surface area contributed by atoms with Gasteiger partial charge >= 0.3 is 0 Å². The second kappa shape index (κ2) is 5.38. The van der Waals surface area contributed by atoms with Crippen molar-refractivity contribution in [1.82, 2.24) is 9.88 Å². The summed E-state index contributed by atoms with van der Waals surface area (Å²) in [6.45, 7) is 5.90. The molecule has 0 aromatic carbocycles. The van der Waals surface area contributed by atoms with Gasteiger partial charge in [-0.15, -0.1) is 0 Å². The Morgan fingerprint density at radius 3 is 2.94 bits per heavy atom. The highest BCUT2D eigenvalue weighted by Gasteiger charge is 2.31. The number of nitrogens with one attached hydrogen (secondary N) is 1. The van der Waals surface area contributed by atoms with Gasteiger partial charge in [-0.25, -0.2) is 4.98 Å². The summed E-state index contributed by atoms with van der Waals surface area (Å²) < 4.78 is 0. The molecule has 4 nitrogen and oxygen atoms in total. The minimum absolute atomic E-state index is 0.264. The van der Waals surface area contributed by atoms with Crippen molar-refractivity contribution in [2.24, 2.45) is 11.8 Å². The van der Waals surface area contributed by atoms with Crippen LogP contribution in [-0.4, -0.2) is 29.4 Å². The summed E-state index contributed by atoms with van der Waals surface area (Å²) >= 11 is 0. The third-order valence-corrected chi connectivity index (χ3v) is 3.68. The molecule has 0 radical (unpaired) electrons. The highest BCUT2D eigenvalue weighted by atomic mass is 16.2. The third kappa shape index (κ3) is 2.63. The first kappa shape index (κ1) is 12.9. The van der Waals surface area contributed by atoms with Gasteiger partial charge in [0, 0.05) is 38.3 Å². The molecule has 1 N–H and O–H groups in total. The molecule has 1 saturated heterocycles. The number of carbonyl (C=O) groups excluding carboxylic acids is 1. The van der Waals surface area contributed by atoms with Crippen molar-refractivity contribution in [2.45, 2.75) is 26.8 Å². The Kier molecular flexibility index (Phi) is 3.84. The van der Waals surface area contributed by atoms with E-state index in [-0.39, 0.29) is 5.91 Å². The number of aromatic nitrogens is 1. The smallest absolute Gasteiger partial charge is 0.223 e. The first-order chi connectivity index (χ1) is 8.61. The average molecular weight is 247 g/mol. The molecular formula is C14H21N3O. The molecule has 0 bridgehead atoms. The number of amides is 1. The molecule has 1 aromatic heterocycles. The Balaban J connectivity index is 2.08. The van der Waals surface area contributed by atoms with E-state index in [1.807, 2.05) is 24.1 Å². The largest absolute Gasteiger partial charge is 0.373 e. The highest BCUT2D eigenvalue weighted by molar-refractivity contribution is 5.78. The average Bonchev–Trinajstić information content (AvgIpc) is 2.72. The van der Waals surface area contributed by atoms with E-state index in [9.17, 15) is 4.79 Å². The molecule has 18 heavy (non-hydrogen) atoms.